The molecule has 1 unspecified atom stereocenters. The van der Waals surface area contributed by atoms with Gasteiger partial charge in [-0.15, -0.1) is 0 Å². The highest BCUT2D eigenvalue weighted by Gasteiger charge is 2.47. The van der Waals surface area contributed by atoms with Crippen LogP contribution in [0.15, 0.2) is 12.1 Å². The molecule has 1 aromatic carbocycles. The van der Waals surface area contributed by atoms with Gasteiger partial charge in [-0.2, -0.15) is 0 Å². The van der Waals surface area contributed by atoms with Crippen molar-refractivity contribution in [3.63, 3.8) is 0 Å². The van der Waals surface area contributed by atoms with E-state index < -0.39 is 20.0 Å². The molecule has 6 nitrogen and oxygen atoms in total. The van der Waals surface area contributed by atoms with Crippen molar-refractivity contribution in [2.45, 2.75) is 104 Å². The molecule has 33 heavy (non-hydrogen) atoms. The topological polar surface area (TPSA) is 79.2 Å². The summed E-state index contributed by atoms with van der Waals surface area (Å²) in [5.74, 6) is 0.991. The van der Waals surface area contributed by atoms with Crippen LogP contribution in [0.5, 0.6) is 11.5 Å². The van der Waals surface area contributed by atoms with E-state index in [1.807, 2.05) is 19.9 Å². The van der Waals surface area contributed by atoms with Crippen molar-refractivity contribution in [1.82, 2.24) is 4.90 Å². The highest BCUT2D eigenvalue weighted by molar-refractivity contribution is 6.78. The smallest absolute Gasteiger partial charge is 0.258 e. The molecule has 1 atom stereocenters. The molecule has 7 heteroatoms. The van der Waals surface area contributed by atoms with Crippen molar-refractivity contribution in [2.24, 2.45) is 0 Å². The van der Waals surface area contributed by atoms with Crippen LogP contribution in [0.1, 0.15) is 85.2 Å². The van der Waals surface area contributed by atoms with Crippen molar-refractivity contribution in [3.8, 4) is 11.5 Å². The summed E-state index contributed by atoms with van der Waals surface area (Å²) in [6.07, 6.45) is -0.869. The number of methoxy groups -OCH3 is 1. The highest BCUT2D eigenvalue weighted by Crippen LogP contribution is 2.45. The van der Waals surface area contributed by atoms with E-state index >= 15 is 0 Å². The first-order chi connectivity index (χ1) is 15.2. The van der Waals surface area contributed by atoms with Gasteiger partial charge in [0, 0.05) is 30.6 Å². The number of aliphatic hydroxyl groups is 2. The summed E-state index contributed by atoms with van der Waals surface area (Å²) in [4.78, 5) is 15.0. The average molecular weight is 482 g/mol. The zero-order chi connectivity index (χ0) is 25.7. The van der Waals surface area contributed by atoms with E-state index in [2.05, 4.69) is 41.5 Å². The monoisotopic (exact) mass is 481 g/mol. The van der Waals surface area contributed by atoms with Crippen LogP contribution in [0, 0.1) is 0 Å². The zero-order valence-corrected chi connectivity index (χ0v) is 23.7. The van der Waals surface area contributed by atoms with E-state index in [-0.39, 0.29) is 12.3 Å². The van der Waals surface area contributed by atoms with Gasteiger partial charge >= 0.3 is 0 Å². The number of hydrogen-bond donors (Lipinski definition) is 2. The van der Waals surface area contributed by atoms with Crippen LogP contribution < -0.4 is 9.16 Å². The fraction of sp³-hybridized carbons (Fsp3) is 0.731. The molecule has 0 fully saturated rings. The number of carbonyl (C=O) groups is 1. The Labute approximate surface area is 202 Å². The summed E-state index contributed by atoms with van der Waals surface area (Å²) in [6, 6.07) is 3.54. The van der Waals surface area contributed by atoms with Crippen molar-refractivity contribution < 1.29 is 24.2 Å². The van der Waals surface area contributed by atoms with Gasteiger partial charge in [0.1, 0.15) is 11.5 Å². The number of rotatable bonds is 12. The second-order valence-corrected chi connectivity index (χ2v) is 15.8. The predicted molar refractivity (Wildman–Crippen MR) is 138 cm³/mol. The summed E-state index contributed by atoms with van der Waals surface area (Å²) in [6.45, 7) is 21.5. The Hall–Kier alpha value is -1.57. The number of amides is 1. The summed E-state index contributed by atoms with van der Waals surface area (Å²) < 4.78 is 12.7. The lowest BCUT2D eigenvalue weighted by molar-refractivity contribution is -0.0472. The van der Waals surface area contributed by atoms with E-state index in [1.54, 1.807) is 31.9 Å². The molecule has 0 aliphatic rings. The predicted octanol–water partition coefficient (Wildman–Crippen LogP) is 5.41. The molecule has 0 saturated heterocycles. The lowest BCUT2D eigenvalue weighted by Gasteiger charge is -2.43. The van der Waals surface area contributed by atoms with Crippen LogP contribution >= 0.6 is 0 Å². The maximum Gasteiger partial charge on any atom is 0.258 e. The third kappa shape index (κ3) is 6.52. The second kappa shape index (κ2) is 11.7. The Bertz CT molecular complexity index is 760. The Morgan fingerprint density at radius 1 is 1.00 bits per heavy atom. The van der Waals surface area contributed by atoms with Crippen molar-refractivity contribution in [1.29, 1.82) is 0 Å². The molecule has 0 aliphatic carbocycles. The molecule has 0 saturated carbocycles. The zero-order valence-electron chi connectivity index (χ0n) is 22.7. The Morgan fingerprint density at radius 2 is 1.45 bits per heavy atom. The fourth-order valence-corrected chi connectivity index (χ4v) is 10.2. The molecule has 1 rings (SSSR count). The molecule has 0 heterocycles. The minimum atomic E-state index is -2.36. The Morgan fingerprint density at radius 3 is 1.82 bits per heavy atom. The Kier molecular flexibility index (Phi) is 10.5. The maximum absolute atomic E-state index is 13.2. The summed E-state index contributed by atoms with van der Waals surface area (Å²) in [5, 5.41) is 21.1. The Balaban J connectivity index is 3.82. The van der Waals surface area contributed by atoms with Gasteiger partial charge in [0.05, 0.1) is 18.8 Å². The van der Waals surface area contributed by atoms with Crippen LogP contribution in [0.25, 0.3) is 0 Å². The lowest BCUT2D eigenvalue weighted by atomic mass is 9.93. The van der Waals surface area contributed by atoms with Gasteiger partial charge in [-0.3, -0.25) is 4.79 Å². The van der Waals surface area contributed by atoms with Crippen LogP contribution in [0.3, 0.4) is 0 Å². The normalized spacial score (nSPS) is 13.6. The van der Waals surface area contributed by atoms with Crippen LogP contribution in [-0.4, -0.2) is 61.2 Å². The first kappa shape index (κ1) is 29.5. The van der Waals surface area contributed by atoms with Gasteiger partial charge in [-0.05, 0) is 56.5 Å². The minimum absolute atomic E-state index is 0.0800. The third-order valence-corrected chi connectivity index (χ3v) is 12.9. The number of benzene rings is 1. The third-order valence-electron chi connectivity index (χ3n) is 6.89. The van der Waals surface area contributed by atoms with Gasteiger partial charge in [0.25, 0.3) is 14.2 Å². The second-order valence-electron chi connectivity index (χ2n) is 10.4. The van der Waals surface area contributed by atoms with E-state index in [9.17, 15) is 15.0 Å². The summed E-state index contributed by atoms with van der Waals surface area (Å²) in [7, 11) is -0.800. The highest BCUT2D eigenvalue weighted by atomic mass is 28.4. The quantitative estimate of drug-likeness (QED) is 0.391. The molecule has 1 aromatic rings. The largest absolute Gasteiger partial charge is 0.542 e. The first-order valence-corrected chi connectivity index (χ1v) is 14.4. The van der Waals surface area contributed by atoms with Crippen molar-refractivity contribution in [3.05, 3.63) is 23.3 Å². The fourth-order valence-electron chi connectivity index (χ4n) is 4.90. The molecule has 190 valence electrons. The van der Waals surface area contributed by atoms with Gasteiger partial charge in [-0.25, -0.2) is 0 Å². The van der Waals surface area contributed by atoms with Gasteiger partial charge < -0.3 is 24.3 Å². The molecular weight excluding hydrogens is 434 g/mol. The van der Waals surface area contributed by atoms with Gasteiger partial charge in [-0.1, -0.05) is 41.5 Å². The molecule has 2 N–H and O–H groups in total. The molecular formula is C26H47NO5Si. The molecule has 0 spiro atoms. The SMILES string of the molecule is CCN(CC)C(=O)c1cc(OC)c(CC(O)C(C)(C)O)c(O[Si](C(C)C)(C(C)C)C(C)C)c1. The number of carbonyl (C=O) groups excluding carboxylic acids is 1. The molecule has 0 aliphatic heterocycles. The van der Waals surface area contributed by atoms with E-state index in [0.29, 0.717) is 52.3 Å². The first-order valence-electron chi connectivity index (χ1n) is 12.3. The van der Waals surface area contributed by atoms with Crippen LogP contribution in [0.4, 0.5) is 0 Å². The number of hydrogen-bond acceptors (Lipinski definition) is 5. The minimum Gasteiger partial charge on any atom is -0.542 e. The molecule has 0 aromatic heterocycles. The van der Waals surface area contributed by atoms with Crippen LogP contribution in [0.2, 0.25) is 16.6 Å². The van der Waals surface area contributed by atoms with Crippen molar-refractivity contribution in [2.75, 3.05) is 20.2 Å². The number of ether oxygens (including phenoxy) is 1. The summed E-state index contributed by atoms with van der Waals surface area (Å²) >= 11 is 0. The van der Waals surface area contributed by atoms with Gasteiger partial charge in [0.2, 0.25) is 0 Å². The van der Waals surface area contributed by atoms with E-state index in [4.69, 9.17) is 9.16 Å². The van der Waals surface area contributed by atoms with Crippen LogP contribution in [-0.2, 0) is 6.42 Å². The van der Waals surface area contributed by atoms with Gasteiger partial charge in [0.15, 0.2) is 0 Å². The number of aliphatic hydroxyl groups excluding tert-OH is 1. The molecule has 0 bridgehead atoms. The van der Waals surface area contributed by atoms with E-state index in [0.717, 1.165) is 0 Å². The summed E-state index contributed by atoms with van der Waals surface area (Å²) in [5.41, 5.74) is 0.891. The molecule has 1 amide bonds. The average Bonchev–Trinajstić information content (AvgIpc) is 2.71. The number of nitrogens with zero attached hydrogens (tertiary/aromatic N) is 1. The van der Waals surface area contributed by atoms with Crippen molar-refractivity contribution >= 4 is 14.2 Å². The maximum atomic E-state index is 13.2. The van der Waals surface area contributed by atoms with E-state index in [1.165, 1.54) is 0 Å². The standard InChI is InChI=1S/C26H47NO5Si/c1-12-27(13-2)25(29)20-14-22(31-11)21(16-24(28)26(9,10)30)23(15-20)32-33(17(3)4,18(5)6)19(7)8/h14-15,17-19,24,28,30H,12-13,16H2,1-11H3. The lowest BCUT2D eigenvalue weighted by Crippen LogP contribution is -2.51. The molecule has 0 radical (unpaired) electrons.